The number of rotatable bonds is 5. The second-order valence-electron chi connectivity index (χ2n) is 15.5. The third-order valence-corrected chi connectivity index (χ3v) is 12.8. The third kappa shape index (κ3) is 4.57. The van der Waals surface area contributed by atoms with Crippen molar-refractivity contribution in [3.8, 4) is 0 Å². The summed E-state index contributed by atoms with van der Waals surface area (Å²) in [5.74, 6) is -5.46. The number of ether oxygens (including phenoxy) is 4. The van der Waals surface area contributed by atoms with Gasteiger partial charge in [-0.3, -0.25) is 19.2 Å². The van der Waals surface area contributed by atoms with Crippen LogP contribution in [-0.2, 0) is 38.1 Å². The Balaban J connectivity index is 1.43. The van der Waals surface area contributed by atoms with E-state index in [9.17, 15) is 24.3 Å². The minimum Gasteiger partial charge on any atom is -0.414 e. The third-order valence-electron chi connectivity index (χ3n) is 12.8. The van der Waals surface area contributed by atoms with Gasteiger partial charge in [-0.2, -0.15) is 0 Å². The molecule has 0 aromatic carbocycles. The lowest BCUT2D eigenvalue weighted by Gasteiger charge is -2.65. The van der Waals surface area contributed by atoms with Crippen molar-refractivity contribution in [2.24, 2.45) is 46.3 Å². The van der Waals surface area contributed by atoms with Crippen LogP contribution in [0.1, 0.15) is 118 Å². The van der Waals surface area contributed by atoms with Crippen LogP contribution in [0.4, 0.5) is 0 Å². The summed E-state index contributed by atoms with van der Waals surface area (Å²) >= 11 is 0. The summed E-state index contributed by atoms with van der Waals surface area (Å²) in [7, 11) is 0. The lowest BCUT2D eigenvalue weighted by atomic mass is 9.44. The van der Waals surface area contributed by atoms with Crippen LogP contribution in [0.25, 0.3) is 0 Å². The quantitative estimate of drug-likeness (QED) is 0.304. The Morgan fingerprint density at radius 3 is 2.00 bits per heavy atom. The summed E-state index contributed by atoms with van der Waals surface area (Å²) < 4.78 is 24.1. The second kappa shape index (κ2) is 11.1. The van der Waals surface area contributed by atoms with Crippen LogP contribution in [0.2, 0.25) is 0 Å². The number of carbonyl (C=O) groups excluding carboxylic acids is 4. The zero-order valence-corrected chi connectivity index (χ0v) is 27.0. The molecule has 2 saturated heterocycles. The average molecular weight is 615 g/mol. The largest absolute Gasteiger partial charge is 0.414 e. The van der Waals surface area contributed by atoms with Gasteiger partial charge in [-0.1, -0.05) is 58.6 Å². The number of fused-ring (bicyclic) bond motifs is 7. The lowest BCUT2D eigenvalue weighted by molar-refractivity contribution is -0.427. The minimum absolute atomic E-state index is 0.0363. The highest BCUT2D eigenvalue weighted by atomic mass is 16.8. The molecule has 1 N–H and O–H groups in total. The normalized spacial score (nSPS) is 40.0. The molecule has 3 saturated carbocycles. The Hall–Kier alpha value is -2.42. The topological polar surface area (TPSA) is 125 Å². The molecule has 6 aliphatic rings. The summed E-state index contributed by atoms with van der Waals surface area (Å²) in [6.45, 7) is 11.4. The van der Waals surface area contributed by atoms with Crippen LogP contribution < -0.4 is 0 Å². The van der Waals surface area contributed by atoms with Crippen molar-refractivity contribution in [1.29, 1.82) is 0 Å². The first-order valence-corrected chi connectivity index (χ1v) is 17.0. The summed E-state index contributed by atoms with van der Waals surface area (Å²) in [4.78, 5) is 52.6. The van der Waals surface area contributed by atoms with E-state index in [4.69, 9.17) is 18.9 Å². The Kier molecular flexibility index (Phi) is 7.98. The van der Waals surface area contributed by atoms with Gasteiger partial charge in [0.25, 0.3) is 0 Å². The molecular weight excluding hydrogens is 564 g/mol. The molecule has 44 heavy (non-hydrogen) atoms. The standard InChI is InChI=1S/C35H50O9/c1-20(2)7-6-8-21(3)24-11-12-25-23-10-9-22-19-27(36)34(41-28(37)13-14-29(38)42-34)35(43-30(39)15-16-31(40)44-35)33(22,5)26(23)17-18-32(24,25)4/h9,20-21,23-27,36H,6-8,10-19H2,1-5H3/t21-,23+,24-,25+,26+,27+,32-,33+/m1/s1. The van der Waals surface area contributed by atoms with Crippen LogP contribution >= 0.6 is 0 Å². The van der Waals surface area contributed by atoms with Crippen molar-refractivity contribution < 1.29 is 43.2 Å². The highest BCUT2D eigenvalue weighted by Crippen LogP contribution is 2.71. The first kappa shape index (κ1) is 31.6. The van der Waals surface area contributed by atoms with Gasteiger partial charge in [0.15, 0.2) is 0 Å². The van der Waals surface area contributed by atoms with Gasteiger partial charge in [-0.15, -0.1) is 0 Å². The zero-order valence-electron chi connectivity index (χ0n) is 27.0. The Morgan fingerprint density at radius 2 is 1.41 bits per heavy atom. The molecule has 0 radical (unpaired) electrons. The first-order chi connectivity index (χ1) is 20.8. The predicted molar refractivity (Wildman–Crippen MR) is 158 cm³/mol. The SMILES string of the molecule is CC(C)CCC[C@@H](C)[C@H]1CC[C@H]2[C@@H]3CC=C4C[C@H](O)C5(OC(=O)CCC(=O)O5)C5(OC(=O)CCC(=O)O5)[C@]4(C)[C@H]3CC[C@]12C. The van der Waals surface area contributed by atoms with Crippen LogP contribution in [0.5, 0.6) is 0 Å². The molecule has 0 amide bonds. The molecule has 8 atom stereocenters. The van der Waals surface area contributed by atoms with Crippen LogP contribution in [0.15, 0.2) is 11.6 Å². The fraction of sp³-hybridized carbons (Fsp3) is 0.829. The maximum atomic E-state index is 13.3. The Labute approximate surface area is 260 Å². The van der Waals surface area contributed by atoms with E-state index in [1.807, 2.05) is 6.92 Å². The van der Waals surface area contributed by atoms with Gasteiger partial charge in [0.05, 0.1) is 31.1 Å². The monoisotopic (exact) mass is 614 g/mol. The van der Waals surface area contributed by atoms with Crippen molar-refractivity contribution in [3.05, 3.63) is 11.6 Å². The first-order valence-electron chi connectivity index (χ1n) is 17.0. The van der Waals surface area contributed by atoms with Crippen molar-refractivity contribution in [2.75, 3.05) is 0 Å². The van der Waals surface area contributed by atoms with E-state index in [1.54, 1.807) is 0 Å². The van der Waals surface area contributed by atoms with Gasteiger partial charge < -0.3 is 24.1 Å². The van der Waals surface area contributed by atoms with Crippen LogP contribution in [0, 0.1) is 46.3 Å². The molecule has 4 aliphatic carbocycles. The Morgan fingerprint density at radius 1 is 0.818 bits per heavy atom. The maximum absolute atomic E-state index is 13.3. The fourth-order valence-corrected chi connectivity index (χ4v) is 10.7. The van der Waals surface area contributed by atoms with Crippen molar-refractivity contribution in [1.82, 2.24) is 0 Å². The van der Waals surface area contributed by atoms with Crippen LogP contribution in [-0.4, -0.2) is 46.7 Å². The molecule has 9 nitrogen and oxygen atoms in total. The molecule has 6 rings (SSSR count). The number of aliphatic hydroxyl groups excluding tert-OH is 1. The van der Waals surface area contributed by atoms with E-state index in [0.717, 1.165) is 31.3 Å². The molecule has 2 spiro atoms. The fourth-order valence-electron chi connectivity index (χ4n) is 10.7. The summed E-state index contributed by atoms with van der Waals surface area (Å²) in [6, 6.07) is 0. The predicted octanol–water partition coefficient (Wildman–Crippen LogP) is 5.76. The zero-order chi connectivity index (χ0) is 31.7. The molecule has 0 aromatic heterocycles. The molecule has 2 heterocycles. The van der Waals surface area contributed by atoms with E-state index < -0.39 is 47.0 Å². The van der Waals surface area contributed by atoms with Gasteiger partial charge in [0.2, 0.25) is 0 Å². The van der Waals surface area contributed by atoms with Gasteiger partial charge in [0, 0.05) is 6.42 Å². The van der Waals surface area contributed by atoms with Gasteiger partial charge in [0.1, 0.15) is 6.10 Å². The maximum Gasteiger partial charge on any atom is 0.362 e. The number of allylic oxidation sites excluding steroid dienone is 1. The number of hydrogen-bond donors (Lipinski definition) is 1. The number of aliphatic hydroxyl groups is 1. The van der Waals surface area contributed by atoms with E-state index in [1.165, 1.54) is 25.7 Å². The highest BCUT2D eigenvalue weighted by molar-refractivity contribution is 5.83. The average Bonchev–Trinajstić information content (AvgIpc) is 3.12. The van der Waals surface area contributed by atoms with Gasteiger partial charge >= 0.3 is 35.5 Å². The van der Waals surface area contributed by atoms with Crippen molar-refractivity contribution >= 4 is 23.9 Å². The van der Waals surface area contributed by atoms with E-state index in [0.29, 0.717) is 23.7 Å². The van der Waals surface area contributed by atoms with Gasteiger partial charge in [-0.05, 0) is 80.0 Å². The van der Waals surface area contributed by atoms with E-state index >= 15 is 0 Å². The molecule has 0 unspecified atom stereocenters. The van der Waals surface area contributed by atoms with Gasteiger partial charge in [-0.25, -0.2) is 0 Å². The summed E-state index contributed by atoms with van der Waals surface area (Å²) in [6.07, 6.45) is 8.14. The van der Waals surface area contributed by atoms with E-state index in [2.05, 4.69) is 33.8 Å². The molecule has 0 bridgehead atoms. The molecule has 0 aromatic rings. The molecule has 5 fully saturated rings. The Bertz CT molecular complexity index is 1200. The molecule has 2 aliphatic heterocycles. The van der Waals surface area contributed by atoms with E-state index in [-0.39, 0.29) is 49.4 Å². The summed E-state index contributed by atoms with van der Waals surface area (Å²) in [5, 5.41) is 11.7. The molecular formula is C35H50O9. The number of esters is 4. The highest BCUT2D eigenvalue weighted by Gasteiger charge is 2.82. The number of hydrogen-bond acceptors (Lipinski definition) is 9. The van der Waals surface area contributed by atoms with Crippen molar-refractivity contribution in [2.45, 2.75) is 136 Å². The number of carbonyl (C=O) groups is 4. The molecule has 9 heteroatoms. The van der Waals surface area contributed by atoms with Crippen molar-refractivity contribution in [3.63, 3.8) is 0 Å². The lowest BCUT2D eigenvalue weighted by Crippen LogP contribution is -2.79. The summed E-state index contributed by atoms with van der Waals surface area (Å²) in [5.41, 5.74) is -0.259. The minimum atomic E-state index is -2.51. The second-order valence-corrected chi connectivity index (χ2v) is 15.5. The smallest absolute Gasteiger partial charge is 0.362 e. The molecule has 244 valence electrons. The van der Waals surface area contributed by atoms with Crippen LogP contribution in [0.3, 0.4) is 0 Å².